The number of fused-ring (bicyclic) bond motifs is 3. The summed E-state index contributed by atoms with van der Waals surface area (Å²) < 4.78 is 7.12. The van der Waals surface area contributed by atoms with Crippen LogP contribution in [0.1, 0.15) is 12.0 Å². The van der Waals surface area contributed by atoms with Gasteiger partial charge in [0.25, 0.3) is 0 Å². The lowest BCUT2D eigenvalue weighted by atomic mass is 10.2. The molecule has 2 heterocycles. The van der Waals surface area contributed by atoms with Crippen LogP contribution in [0.25, 0.3) is 16.8 Å². The van der Waals surface area contributed by atoms with Crippen molar-refractivity contribution in [2.24, 2.45) is 0 Å². The van der Waals surface area contributed by atoms with Crippen molar-refractivity contribution in [2.45, 2.75) is 12.8 Å². The number of rotatable bonds is 4. The first-order valence-corrected chi connectivity index (χ1v) is 6.09. The molecule has 4 nitrogen and oxygen atoms in total. The van der Waals surface area contributed by atoms with Crippen molar-refractivity contribution in [1.82, 2.24) is 14.4 Å². The molecule has 0 bridgehead atoms. The Morgan fingerprint density at radius 1 is 1.28 bits per heavy atom. The number of aromatic nitrogens is 3. The van der Waals surface area contributed by atoms with E-state index in [1.165, 1.54) is 5.56 Å². The summed E-state index contributed by atoms with van der Waals surface area (Å²) in [5.41, 5.74) is 3.30. The Kier molecular flexibility index (Phi) is 2.94. The first-order valence-electron chi connectivity index (χ1n) is 6.09. The normalized spacial score (nSPS) is 11.4. The maximum Gasteiger partial charge on any atom is 0.234 e. The van der Waals surface area contributed by atoms with Gasteiger partial charge in [-0.05, 0) is 30.5 Å². The monoisotopic (exact) mass is 241 g/mol. The summed E-state index contributed by atoms with van der Waals surface area (Å²) in [5, 5.41) is 0. The second kappa shape index (κ2) is 4.74. The number of hydrogen-bond acceptors (Lipinski definition) is 3. The third-order valence-corrected chi connectivity index (χ3v) is 3.03. The first kappa shape index (κ1) is 11.2. The fraction of sp³-hybridized carbons (Fsp3) is 0.286. The molecule has 4 heteroatoms. The van der Waals surface area contributed by atoms with E-state index in [2.05, 4.69) is 26.6 Å². The maximum absolute atomic E-state index is 5.07. The van der Waals surface area contributed by atoms with Gasteiger partial charge >= 0.3 is 0 Å². The van der Waals surface area contributed by atoms with Gasteiger partial charge in [-0.15, -0.1) is 0 Å². The average molecular weight is 241 g/mol. The van der Waals surface area contributed by atoms with Crippen molar-refractivity contribution in [3.8, 4) is 0 Å². The van der Waals surface area contributed by atoms with Gasteiger partial charge in [0, 0.05) is 26.1 Å². The number of hydrogen-bond donors (Lipinski definition) is 0. The van der Waals surface area contributed by atoms with E-state index in [0.29, 0.717) is 0 Å². The zero-order chi connectivity index (χ0) is 12.4. The average Bonchev–Trinajstić information content (AvgIpc) is 2.77. The minimum atomic E-state index is 0.756. The van der Waals surface area contributed by atoms with Gasteiger partial charge in [0.2, 0.25) is 5.78 Å². The molecule has 0 fully saturated rings. The highest BCUT2D eigenvalue weighted by molar-refractivity contribution is 5.79. The molecule has 0 amide bonds. The van der Waals surface area contributed by atoms with Crippen LogP contribution in [-0.4, -0.2) is 28.1 Å². The fourth-order valence-corrected chi connectivity index (χ4v) is 2.14. The molecule has 0 unspecified atom stereocenters. The Morgan fingerprint density at radius 3 is 3.06 bits per heavy atom. The number of benzene rings is 1. The Bertz CT molecular complexity index is 675. The predicted octanol–water partition coefficient (Wildman–Crippen LogP) is 2.46. The van der Waals surface area contributed by atoms with Gasteiger partial charge in [0.15, 0.2) is 0 Å². The highest BCUT2D eigenvalue weighted by Gasteiger charge is 2.05. The zero-order valence-corrected chi connectivity index (χ0v) is 10.3. The molecule has 92 valence electrons. The van der Waals surface area contributed by atoms with Crippen LogP contribution in [-0.2, 0) is 11.2 Å². The Balaban J connectivity index is 2.02. The Hall–Kier alpha value is -1.94. The summed E-state index contributed by atoms with van der Waals surface area (Å²) in [6.45, 7) is 0.780. The van der Waals surface area contributed by atoms with Crippen LogP contribution in [0.3, 0.4) is 0 Å². The summed E-state index contributed by atoms with van der Waals surface area (Å²) in [6, 6.07) is 8.09. The largest absolute Gasteiger partial charge is 0.385 e. The summed E-state index contributed by atoms with van der Waals surface area (Å²) >= 11 is 0. The lowest BCUT2D eigenvalue weighted by Gasteiger charge is -2.02. The van der Waals surface area contributed by atoms with E-state index in [4.69, 9.17) is 4.74 Å². The van der Waals surface area contributed by atoms with Gasteiger partial charge in [0.05, 0.1) is 11.0 Å². The predicted molar refractivity (Wildman–Crippen MR) is 70.7 cm³/mol. The zero-order valence-electron chi connectivity index (χ0n) is 10.3. The second-order valence-corrected chi connectivity index (χ2v) is 4.33. The van der Waals surface area contributed by atoms with Crippen LogP contribution in [0, 0.1) is 0 Å². The van der Waals surface area contributed by atoms with Gasteiger partial charge in [0.1, 0.15) is 0 Å². The third-order valence-electron chi connectivity index (χ3n) is 3.03. The molecule has 0 saturated heterocycles. The highest BCUT2D eigenvalue weighted by atomic mass is 16.5. The van der Waals surface area contributed by atoms with E-state index in [-0.39, 0.29) is 0 Å². The van der Waals surface area contributed by atoms with Crippen LogP contribution < -0.4 is 0 Å². The lowest BCUT2D eigenvalue weighted by molar-refractivity contribution is 0.195. The van der Waals surface area contributed by atoms with Crippen molar-refractivity contribution in [1.29, 1.82) is 0 Å². The summed E-state index contributed by atoms with van der Waals surface area (Å²) in [7, 11) is 1.73. The molecule has 0 aliphatic rings. The SMILES string of the molecule is COCCCc1cnc2nc3ccccc3n2c1. The maximum atomic E-state index is 5.07. The number of methoxy groups -OCH3 is 1. The molecule has 0 atom stereocenters. The molecule has 0 saturated carbocycles. The Morgan fingerprint density at radius 2 is 2.17 bits per heavy atom. The van der Waals surface area contributed by atoms with E-state index >= 15 is 0 Å². The fourth-order valence-electron chi connectivity index (χ4n) is 2.14. The van der Waals surface area contributed by atoms with Crippen LogP contribution in [0.15, 0.2) is 36.7 Å². The molecule has 0 aliphatic carbocycles. The number of para-hydroxylation sites is 2. The molecule has 0 aliphatic heterocycles. The van der Waals surface area contributed by atoms with E-state index in [0.717, 1.165) is 36.3 Å². The molecule has 3 rings (SSSR count). The van der Waals surface area contributed by atoms with Crippen molar-refractivity contribution in [3.63, 3.8) is 0 Å². The van der Waals surface area contributed by atoms with Gasteiger partial charge in [-0.3, -0.25) is 4.40 Å². The number of imidazole rings is 1. The van der Waals surface area contributed by atoms with E-state index in [1.807, 2.05) is 24.4 Å². The minimum absolute atomic E-state index is 0.756. The molecule has 3 aromatic rings. The van der Waals surface area contributed by atoms with Crippen LogP contribution in [0.4, 0.5) is 0 Å². The lowest BCUT2D eigenvalue weighted by Crippen LogP contribution is -1.96. The van der Waals surface area contributed by atoms with E-state index < -0.39 is 0 Å². The number of nitrogens with zero attached hydrogens (tertiary/aromatic N) is 3. The molecular weight excluding hydrogens is 226 g/mol. The van der Waals surface area contributed by atoms with Gasteiger partial charge in [-0.2, -0.15) is 0 Å². The molecule has 2 aromatic heterocycles. The number of aryl methyl sites for hydroxylation is 1. The summed E-state index contributed by atoms with van der Waals surface area (Å²) in [5.74, 6) is 0.756. The summed E-state index contributed by atoms with van der Waals surface area (Å²) in [6.07, 6.45) is 6.00. The van der Waals surface area contributed by atoms with E-state index in [1.54, 1.807) is 7.11 Å². The molecule has 0 N–H and O–H groups in total. The Labute approximate surface area is 105 Å². The van der Waals surface area contributed by atoms with Crippen LogP contribution in [0.2, 0.25) is 0 Å². The minimum Gasteiger partial charge on any atom is -0.385 e. The van der Waals surface area contributed by atoms with Crippen molar-refractivity contribution >= 4 is 16.8 Å². The number of ether oxygens (including phenoxy) is 1. The molecule has 18 heavy (non-hydrogen) atoms. The smallest absolute Gasteiger partial charge is 0.234 e. The van der Waals surface area contributed by atoms with E-state index in [9.17, 15) is 0 Å². The molecule has 1 aromatic carbocycles. The van der Waals surface area contributed by atoms with Crippen molar-refractivity contribution < 1.29 is 4.74 Å². The highest BCUT2D eigenvalue weighted by Crippen LogP contribution is 2.15. The van der Waals surface area contributed by atoms with Crippen LogP contribution in [0.5, 0.6) is 0 Å². The molecule has 0 spiro atoms. The standard InChI is InChI=1S/C14H15N3O/c1-18-8-4-5-11-9-15-14-16-12-6-2-3-7-13(12)17(14)10-11/h2-3,6-7,9-10H,4-5,8H2,1H3. The van der Waals surface area contributed by atoms with Gasteiger partial charge < -0.3 is 4.74 Å². The van der Waals surface area contributed by atoms with Gasteiger partial charge in [-0.25, -0.2) is 9.97 Å². The first-order chi connectivity index (χ1) is 8.88. The topological polar surface area (TPSA) is 39.4 Å². The molecular formula is C14H15N3O. The van der Waals surface area contributed by atoms with Gasteiger partial charge in [-0.1, -0.05) is 12.1 Å². The van der Waals surface area contributed by atoms with Crippen LogP contribution >= 0.6 is 0 Å². The quantitative estimate of drug-likeness (QED) is 0.659. The summed E-state index contributed by atoms with van der Waals surface area (Å²) in [4.78, 5) is 8.89. The van der Waals surface area contributed by atoms with Crippen molar-refractivity contribution in [2.75, 3.05) is 13.7 Å². The third kappa shape index (κ3) is 1.95. The molecule has 0 radical (unpaired) electrons. The second-order valence-electron chi connectivity index (χ2n) is 4.33. The van der Waals surface area contributed by atoms with Crippen molar-refractivity contribution in [3.05, 3.63) is 42.2 Å².